The molecule has 0 unspecified atom stereocenters. The molecule has 0 aliphatic heterocycles. The summed E-state index contributed by atoms with van der Waals surface area (Å²) in [5, 5.41) is 24.2. The van der Waals surface area contributed by atoms with Crippen molar-refractivity contribution in [3.05, 3.63) is 62.1 Å². The van der Waals surface area contributed by atoms with E-state index in [1.54, 1.807) is 24.3 Å². The van der Waals surface area contributed by atoms with Crippen molar-refractivity contribution in [3.63, 3.8) is 0 Å². The van der Waals surface area contributed by atoms with Crippen molar-refractivity contribution in [1.82, 2.24) is 5.43 Å². The van der Waals surface area contributed by atoms with E-state index in [1.165, 1.54) is 37.2 Å². The molecular weight excluding hydrogens is 438 g/mol. The number of benzene rings is 2. The standard InChI is InChI=1S/C17H16BrN3O5S/c1-26-15-7-12(6-14(18)17(15)23)8-19-20-16(22)10-27-9-11-2-4-13(5-3-11)21(24)25/h2-8,23H,9-10H2,1H3,(H,20,22)/b19-8-. The van der Waals surface area contributed by atoms with E-state index in [-0.39, 0.29) is 28.8 Å². The van der Waals surface area contributed by atoms with Gasteiger partial charge in [-0.05, 0) is 39.2 Å². The summed E-state index contributed by atoms with van der Waals surface area (Å²) in [5.41, 5.74) is 3.98. The van der Waals surface area contributed by atoms with Crippen molar-refractivity contribution in [1.29, 1.82) is 0 Å². The van der Waals surface area contributed by atoms with Gasteiger partial charge in [-0.25, -0.2) is 5.43 Å². The number of phenolic OH excluding ortho intramolecular Hbond substituents is 1. The maximum atomic E-state index is 11.8. The third-order valence-corrected chi connectivity index (χ3v) is 4.93. The van der Waals surface area contributed by atoms with E-state index < -0.39 is 4.92 Å². The van der Waals surface area contributed by atoms with Gasteiger partial charge in [0.1, 0.15) is 0 Å². The van der Waals surface area contributed by atoms with Crippen molar-refractivity contribution in [2.75, 3.05) is 12.9 Å². The van der Waals surface area contributed by atoms with Crippen molar-refractivity contribution >= 4 is 45.5 Å². The SMILES string of the molecule is COc1cc(/C=N\NC(=O)CSCc2ccc([N+](=O)[O-])cc2)cc(Br)c1O. The molecule has 27 heavy (non-hydrogen) atoms. The number of phenols is 1. The summed E-state index contributed by atoms with van der Waals surface area (Å²) < 4.78 is 5.49. The lowest BCUT2D eigenvalue weighted by molar-refractivity contribution is -0.384. The third-order valence-electron chi connectivity index (χ3n) is 3.32. The minimum atomic E-state index is -0.454. The van der Waals surface area contributed by atoms with Gasteiger partial charge in [0, 0.05) is 17.9 Å². The average Bonchev–Trinajstić information content (AvgIpc) is 2.64. The number of halogens is 1. The number of nitro groups is 1. The first kappa shape index (κ1) is 20.7. The summed E-state index contributed by atoms with van der Waals surface area (Å²) in [6.45, 7) is 0. The zero-order valence-corrected chi connectivity index (χ0v) is 16.6. The van der Waals surface area contributed by atoms with E-state index in [0.29, 0.717) is 15.8 Å². The lowest BCUT2D eigenvalue weighted by Gasteiger charge is -2.06. The fourth-order valence-corrected chi connectivity index (χ4v) is 3.25. The number of carbonyl (C=O) groups excluding carboxylic acids is 1. The van der Waals surface area contributed by atoms with Crippen LogP contribution in [0.25, 0.3) is 0 Å². The van der Waals surface area contributed by atoms with E-state index >= 15 is 0 Å². The van der Waals surface area contributed by atoms with Crippen LogP contribution in [0.15, 0.2) is 46.0 Å². The van der Waals surface area contributed by atoms with Crippen LogP contribution in [0.4, 0.5) is 5.69 Å². The highest BCUT2D eigenvalue weighted by molar-refractivity contribution is 9.10. The van der Waals surface area contributed by atoms with Crippen LogP contribution in [-0.4, -0.2) is 35.0 Å². The van der Waals surface area contributed by atoms with Gasteiger partial charge in [0.15, 0.2) is 11.5 Å². The molecule has 0 heterocycles. The second-order valence-corrected chi connectivity index (χ2v) is 7.10. The smallest absolute Gasteiger partial charge is 0.269 e. The number of hydrogen-bond acceptors (Lipinski definition) is 7. The summed E-state index contributed by atoms with van der Waals surface area (Å²) in [6.07, 6.45) is 1.44. The number of hydrazone groups is 1. The van der Waals surface area contributed by atoms with Crippen LogP contribution in [0.5, 0.6) is 11.5 Å². The Morgan fingerprint density at radius 2 is 2.11 bits per heavy atom. The zero-order valence-electron chi connectivity index (χ0n) is 14.2. The van der Waals surface area contributed by atoms with Crippen LogP contribution in [0, 0.1) is 10.1 Å². The molecule has 2 aromatic rings. The third kappa shape index (κ3) is 6.26. The van der Waals surface area contributed by atoms with Crippen molar-refractivity contribution in [3.8, 4) is 11.5 Å². The van der Waals surface area contributed by atoms with E-state index in [0.717, 1.165) is 5.56 Å². The molecule has 8 nitrogen and oxygen atoms in total. The summed E-state index contributed by atoms with van der Waals surface area (Å²) in [6, 6.07) is 9.42. The van der Waals surface area contributed by atoms with Crippen LogP contribution in [0.3, 0.4) is 0 Å². The van der Waals surface area contributed by atoms with Crippen LogP contribution >= 0.6 is 27.7 Å². The van der Waals surface area contributed by atoms with Crippen LogP contribution in [0.1, 0.15) is 11.1 Å². The lowest BCUT2D eigenvalue weighted by atomic mass is 10.2. The first-order valence-corrected chi connectivity index (χ1v) is 9.55. The number of amides is 1. The molecule has 1 amide bonds. The predicted octanol–water partition coefficient (Wildman–Crippen LogP) is 3.46. The molecular formula is C17H16BrN3O5S. The summed E-state index contributed by atoms with van der Waals surface area (Å²) in [7, 11) is 1.44. The zero-order chi connectivity index (χ0) is 19.8. The Labute approximate surface area is 167 Å². The number of hydrogen-bond donors (Lipinski definition) is 2. The molecule has 0 bridgehead atoms. The van der Waals surface area contributed by atoms with Gasteiger partial charge in [-0.2, -0.15) is 5.10 Å². The van der Waals surface area contributed by atoms with Gasteiger partial charge in [-0.1, -0.05) is 12.1 Å². The highest BCUT2D eigenvalue weighted by atomic mass is 79.9. The van der Waals surface area contributed by atoms with Gasteiger partial charge in [0.25, 0.3) is 5.69 Å². The van der Waals surface area contributed by atoms with E-state index in [2.05, 4.69) is 26.5 Å². The molecule has 0 radical (unpaired) electrons. The highest BCUT2D eigenvalue weighted by Crippen LogP contribution is 2.34. The van der Waals surface area contributed by atoms with Gasteiger partial charge in [0.2, 0.25) is 5.91 Å². The summed E-state index contributed by atoms with van der Waals surface area (Å²) >= 11 is 4.58. The Bertz CT molecular complexity index is 858. The van der Waals surface area contributed by atoms with Crippen LogP contribution < -0.4 is 10.2 Å². The lowest BCUT2D eigenvalue weighted by Crippen LogP contribution is -2.19. The molecule has 10 heteroatoms. The molecule has 0 aliphatic rings. The number of non-ortho nitro benzene ring substituents is 1. The fourth-order valence-electron chi connectivity index (χ4n) is 2.01. The van der Waals surface area contributed by atoms with E-state index in [4.69, 9.17) is 4.74 Å². The Morgan fingerprint density at radius 1 is 1.41 bits per heavy atom. The quantitative estimate of drug-likeness (QED) is 0.359. The molecule has 0 aromatic heterocycles. The number of carbonyl (C=O) groups is 1. The number of nitrogens with zero attached hydrogens (tertiary/aromatic N) is 2. The molecule has 0 spiro atoms. The number of nitro benzene ring substituents is 1. The minimum absolute atomic E-state index is 0.0127. The van der Waals surface area contributed by atoms with Crippen molar-refractivity contribution < 1.29 is 19.6 Å². The monoisotopic (exact) mass is 453 g/mol. The number of nitrogens with one attached hydrogen (secondary N) is 1. The largest absolute Gasteiger partial charge is 0.503 e. The van der Waals surface area contributed by atoms with Gasteiger partial charge < -0.3 is 9.84 Å². The Balaban J connectivity index is 1.80. The molecule has 2 rings (SSSR count). The van der Waals surface area contributed by atoms with Gasteiger partial charge in [-0.3, -0.25) is 14.9 Å². The summed E-state index contributed by atoms with van der Waals surface area (Å²) in [5.74, 6) is 0.744. The molecule has 2 aromatic carbocycles. The van der Waals surface area contributed by atoms with Gasteiger partial charge in [-0.15, -0.1) is 11.8 Å². The molecule has 2 N–H and O–H groups in total. The summed E-state index contributed by atoms with van der Waals surface area (Å²) in [4.78, 5) is 21.9. The molecule has 0 saturated heterocycles. The minimum Gasteiger partial charge on any atom is -0.503 e. The molecule has 142 valence electrons. The van der Waals surface area contributed by atoms with Crippen LogP contribution in [-0.2, 0) is 10.5 Å². The number of ether oxygens (including phenoxy) is 1. The molecule has 0 atom stereocenters. The topological polar surface area (TPSA) is 114 Å². The predicted molar refractivity (Wildman–Crippen MR) is 107 cm³/mol. The van der Waals surface area contributed by atoms with Crippen molar-refractivity contribution in [2.45, 2.75) is 5.75 Å². The first-order valence-electron chi connectivity index (χ1n) is 7.60. The van der Waals surface area contributed by atoms with Gasteiger partial charge >= 0.3 is 0 Å². The van der Waals surface area contributed by atoms with Gasteiger partial charge in [0.05, 0.1) is 28.5 Å². The second kappa shape index (κ2) is 9.93. The molecule has 0 aliphatic carbocycles. The molecule has 0 fully saturated rings. The maximum absolute atomic E-state index is 11.8. The first-order chi connectivity index (χ1) is 12.9. The fraction of sp³-hybridized carbons (Fsp3) is 0.176. The average molecular weight is 454 g/mol. The number of thioether (sulfide) groups is 1. The van der Waals surface area contributed by atoms with E-state index in [9.17, 15) is 20.0 Å². The maximum Gasteiger partial charge on any atom is 0.269 e. The Kier molecular flexibility index (Phi) is 7.62. The number of aromatic hydroxyl groups is 1. The Morgan fingerprint density at radius 3 is 2.74 bits per heavy atom. The second-order valence-electron chi connectivity index (χ2n) is 5.26. The number of methoxy groups -OCH3 is 1. The normalized spacial score (nSPS) is 10.7. The van der Waals surface area contributed by atoms with Crippen molar-refractivity contribution in [2.24, 2.45) is 5.10 Å². The van der Waals surface area contributed by atoms with E-state index in [1.807, 2.05) is 0 Å². The van der Waals surface area contributed by atoms with Crippen LogP contribution in [0.2, 0.25) is 0 Å². The Hall–Kier alpha value is -2.59. The highest BCUT2D eigenvalue weighted by Gasteiger charge is 2.08. The molecule has 0 saturated carbocycles. The number of rotatable bonds is 8.